The van der Waals surface area contributed by atoms with Crippen LogP contribution in [0.5, 0.6) is 0 Å². The summed E-state index contributed by atoms with van der Waals surface area (Å²) >= 11 is 5.95. The van der Waals surface area contributed by atoms with Crippen molar-refractivity contribution >= 4 is 23.2 Å². The highest BCUT2D eigenvalue weighted by molar-refractivity contribution is 6.33. The number of hydrogen-bond donors (Lipinski definition) is 1. The molecule has 0 amide bonds. The quantitative estimate of drug-likeness (QED) is 0.738. The molecular formula is C7H8ClN5. The van der Waals surface area contributed by atoms with Crippen LogP contribution < -0.4 is 5.73 Å². The van der Waals surface area contributed by atoms with Crippen LogP contribution in [0.2, 0.25) is 5.02 Å². The zero-order valence-corrected chi connectivity index (χ0v) is 7.78. The minimum absolute atomic E-state index is 0.390. The molecule has 5 nitrogen and oxygen atoms in total. The molecule has 0 aromatic carbocycles. The summed E-state index contributed by atoms with van der Waals surface area (Å²) in [4.78, 5) is 8.12. The van der Waals surface area contributed by atoms with Crippen LogP contribution >= 0.6 is 11.6 Å². The Morgan fingerprint density at radius 3 is 3.08 bits per heavy atom. The SMILES string of the molecule is CCc1nc2ncnn2c(N)c1Cl. The van der Waals surface area contributed by atoms with Gasteiger partial charge in [-0.25, -0.2) is 4.98 Å². The number of rotatable bonds is 1. The van der Waals surface area contributed by atoms with Crippen molar-refractivity contribution in [2.75, 3.05) is 5.73 Å². The average molecular weight is 198 g/mol. The largest absolute Gasteiger partial charge is 0.382 e. The highest BCUT2D eigenvalue weighted by Gasteiger charge is 2.10. The minimum Gasteiger partial charge on any atom is -0.382 e. The Labute approximate surface area is 79.6 Å². The lowest BCUT2D eigenvalue weighted by Gasteiger charge is -2.04. The second kappa shape index (κ2) is 2.85. The van der Waals surface area contributed by atoms with E-state index in [1.807, 2.05) is 6.92 Å². The van der Waals surface area contributed by atoms with Crippen molar-refractivity contribution in [3.05, 3.63) is 17.0 Å². The number of halogens is 1. The molecular weight excluding hydrogens is 190 g/mol. The third kappa shape index (κ3) is 1.12. The number of nitrogens with zero attached hydrogens (tertiary/aromatic N) is 4. The first-order valence-electron chi connectivity index (χ1n) is 3.87. The smallest absolute Gasteiger partial charge is 0.254 e. The van der Waals surface area contributed by atoms with E-state index in [9.17, 15) is 0 Å². The summed E-state index contributed by atoms with van der Waals surface area (Å²) < 4.78 is 1.42. The van der Waals surface area contributed by atoms with Crippen molar-refractivity contribution in [3.8, 4) is 0 Å². The molecule has 0 fully saturated rings. The molecule has 6 heteroatoms. The van der Waals surface area contributed by atoms with Crippen LogP contribution in [-0.2, 0) is 6.42 Å². The Balaban J connectivity index is 2.83. The summed E-state index contributed by atoms with van der Waals surface area (Å²) in [6, 6.07) is 0. The average Bonchev–Trinajstić information content (AvgIpc) is 2.59. The Bertz CT molecular complexity index is 449. The van der Waals surface area contributed by atoms with Crippen molar-refractivity contribution in [3.63, 3.8) is 0 Å². The van der Waals surface area contributed by atoms with Gasteiger partial charge in [0.25, 0.3) is 5.78 Å². The lowest BCUT2D eigenvalue weighted by molar-refractivity contribution is 0.923. The Hall–Kier alpha value is -1.36. The van der Waals surface area contributed by atoms with Crippen molar-refractivity contribution < 1.29 is 0 Å². The van der Waals surface area contributed by atoms with E-state index in [-0.39, 0.29) is 0 Å². The molecule has 2 rings (SSSR count). The van der Waals surface area contributed by atoms with Crippen molar-refractivity contribution in [2.45, 2.75) is 13.3 Å². The Morgan fingerprint density at radius 2 is 2.38 bits per heavy atom. The molecule has 0 aliphatic carbocycles. The van der Waals surface area contributed by atoms with Gasteiger partial charge in [0, 0.05) is 0 Å². The lowest BCUT2D eigenvalue weighted by atomic mass is 10.3. The molecule has 68 valence electrons. The van der Waals surface area contributed by atoms with E-state index in [0.717, 1.165) is 12.1 Å². The van der Waals surface area contributed by atoms with Gasteiger partial charge < -0.3 is 5.73 Å². The van der Waals surface area contributed by atoms with E-state index in [0.29, 0.717) is 16.6 Å². The molecule has 2 N–H and O–H groups in total. The minimum atomic E-state index is 0.390. The number of nitrogens with two attached hydrogens (primary N) is 1. The van der Waals surface area contributed by atoms with E-state index < -0.39 is 0 Å². The van der Waals surface area contributed by atoms with Gasteiger partial charge in [-0.05, 0) is 6.42 Å². The molecule has 0 aliphatic rings. The van der Waals surface area contributed by atoms with Gasteiger partial charge in [-0.1, -0.05) is 18.5 Å². The maximum atomic E-state index is 5.95. The van der Waals surface area contributed by atoms with Crippen molar-refractivity contribution in [2.24, 2.45) is 0 Å². The van der Waals surface area contributed by atoms with Gasteiger partial charge in [0.2, 0.25) is 0 Å². The Kier molecular flexibility index (Phi) is 1.81. The standard InChI is InChI=1S/C7H8ClN5/c1-2-4-5(8)6(9)13-7(12-4)10-3-11-13/h3H,2,9H2,1H3. The number of fused-ring (bicyclic) bond motifs is 1. The number of aromatic nitrogens is 4. The normalized spacial score (nSPS) is 10.9. The predicted octanol–water partition coefficient (Wildman–Crippen LogP) is 0.922. The van der Waals surface area contributed by atoms with Crippen LogP contribution in [0.1, 0.15) is 12.6 Å². The molecule has 0 radical (unpaired) electrons. The third-order valence-electron chi connectivity index (χ3n) is 1.81. The first-order chi connectivity index (χ1) is 6.24. The molecule has 0 spiro atoms. The molecule has 2 aromatic heterocycles. The first-order valence-corrected chi connectivity index (χ1v) is 4.25. The van der Waals surface area contributed by atoms with Gasteiger partial charge in [0.1, 0.15) is 17.2 Å². The molecule has 0 saturated heterocycles. The van der Waals surface area contributed by atoms with Crippen LogP contribution in [-0.4, -0.2) is 19.6 Å². The number of nitrogen functional groups attached to an aromatic ring is 1. The summed E-state index contributed by atoms with van der Waals surface area (Å²) in [5, 5.41) is 4.35. The number of hydrogen-bond acceptors (Lipinski definition) is 4. The highest BCUT2D eigenvalue weighted by Crippen LogP contribution is 2.22. The number of anilines is 1. The molecule has 0 atom stereocenters. The molecule has 0 saturated carbocycles. The first kappa shape index (κ1) is 8.25. The summed E-state index contributed by atoms with van der Waals surface area (Å²) in [5.74, 6) is 0.875. The van der Waals surface area contributed by atoms with Gasteiger partial charge in [-0.2, -0.15) is 14.6 Å². The van der Waals surface area contributed by atoms with Crippen LogP contribution in [0.3, 0.4) is 0 Å². The summed E-state index contributed by atoms with van der Waals surface area (Å²) in [5.41, 5.74) is 6.48. The van der Waals surface area contributed by atoms with E-state index in [1.54, 1.807) is 0 Å². The molecule has 0 unspecified atom stereocenters. The van der Waals surface area contributed by atoms with Crippen LogP contribution in [0, 0.1) is 0 Å². The maximum Gasteiger partial charge on any atom is 0.254 e. The summed E-state index contributed by atoms with van der Waals surface area (Å²) in [6.07, 6.45) is 2.13. The van der Waals surface area contributed by atoms with Crippen molar-refractivity contribution in [1.29, 1.82) is 0 Å². The van der Waals surface area contributed by atoms with E-state index >= 15 is 0 Å². The van der Waals surface area contributed by atoms with Gasteiger partial charge in [-0.15, -0.1) is 0 Å². The molecule has 13 heavy (non-hydrogen) atoms. The molecule has 0 bridgehead atoms. The van der Waals surface area contributed by atoms with Crippen LogP contribution in [0.15, 0.2) is 6.33 Å². The maximum absolute atomic E-state index is 5.95. The second-order valence-corrected chi connectivity index (χ2v) is 2.96. The van der Waals surface area contributed by atoms with E-state index in [2.05, 4.69) is 15.1 Å². The topological polar surface area (TPSA) is 69.1 Å². The van der Waals surface area contributed by atoms with Gasteiger partial charge in [0.05, 0.1) is 5.69 Å². The van der Waals surface area contributed by atoms with Crippen LogP contribution in [0.4, 0.5) is 5.82 Å². The zero-order chi connectivity index (χ0) is 9.42. The van der Waals surface area contributed by atoms with Gasteiger partial charge >= 0.3 is 0 Å². The second-order valence-electron chi connectivity index (χ2n) is 2.58. The molecule has 2 aromatic rings. The lowest BCUT2D eigenvalue weighted by Crippen LogP contribution is -2.04. The van der Waals surface area contributed by atoms with Crippen LogP contribution in [0.25, 0.3) is 5.78 Å². The number of aryl methyl sites for hydroxylation is 1. The fourth-order valence-electron chi connectivity index (χ4n) is 1.13. The van der Waals surface area contributed by atoms with Gasteiger partial charge in [0.15, 0.2) is 0 Å². The third-order valence-corrected chi connectivity index (χ3v) is 2.22. The van der Waals surface area contributed by atoms with Gasteiger partial charge in [-0.3, -0.25) is 0 Å². The van der Waals surface area contributed by atoms with E-state index in [1.165, 1.54) is 10.8 Å². The Morgan fingerprint density at radius 1 is 1.62 bits per heavy atom. The van der Waals surface area contributed by atoms with E-state index in [4.69, 9.17) is 17.3 Å². The van der Waals surface area contributed by atoms with Crippen molar-refractivity contribution in [1.82, 2.24) is 19.6 Å². The fourth-order valence-corrected chi connectivity index (χ4v) is 1.38. The molecule has 0 aliphatic heterocycles. The summed E-state index contributed by atoms with van der Waals surface area (Å²) in [6.45, 7) is 1.96. The monoisotopic (exact) mass is 197 g/mol. The fraction of sp³-hybridized carbons (Fsp3) is 0.286. The zero-order valence-electron chi connectivity index (χ0n) is 7.03. The summed E-state index contributed by atoms with van der Waals surface area (Å²) in [7, 11) is 0. The highest BCUT2D eigenvalue weighted by atomic mass is 35.5. The predicted molar refractivity (Wildman–Crippen MR) is 49.6 cm³/mol. The molecule has 2 heterocycles.